The Morgan fingerprint density at radius 3 is 2.38 bits per heavy atom. The summed E-state index contributed by atoms with van der Waals surface area (Å²) in [5.41, 5.74) is 0.652. The molecule has 0 fully saturated rings. The van der Waals surface area contributed by atoms with Crippen molar-refractivity contribution in [3.63, 3.8) is 0 Å². The van der Waals surface area contributed by atoms with Gasteiger partial charge < -0.3 is 10.4 Å². The monoisotopic (exact) mass is 435 g/mol. The lowest BCUT2D eigenvalue weighted by Crippen LogP contribution is -2.12. The first kappa shape index (κ1) is 16.1. The fourth-order valence-electron chi connectivity index (χ4n) is 1.61. The van der Waals surface area contributed by atoms with Crippen LogP contribution in [-0.2, 0) is 0 Å². The molecule has 1 amide bonds. The maximum atomic E-state index is 12.1. The SMILES string of the molecule is O=C(Nc1ccc(Cl)c(C(=O)O)c1)c1ccc(I)c(Cl)c1. The maximum absolute atomic E-state index is 12.1. The molecule has 0 aromatic heterocycles. The second kappa shape index (κ2) is 6.64. The van der Waals surface area contributed by atoms with Crippen LogP contribution < -0.4 is 5.32 Å². The molecule has 0 saturated carbocycles. The summed E-state index contributed by atoms with van der Waals surface area (Å²) < 4.78 is 0.838. The van der Waals surface area contributed by atoms with Gasteiger partial charge in [0, 0.05) is 14.8 Å². The summed E-state index contributed by atoms with van der Waals surface area (Å²) in [6.45, 7) is 0. The first-order valence-electron chi connectivity index (χ1n) is 5.67. The molecule has 0 bridgehead atoms. The number of nitrogens with one attached hydrogen (secondary N) is 1. The van der Waals surface area contributed by atoms with Crippen molar-refractivity contribution in [3.8, 4) is 0 Å². The predicted octanol–water partition coefficient (Wildman–Crippen LogP) is 4.55. The molecule has 2 aromatic rings. The summed E-state index contributed by atoms with van der Waals surface area (Å²) in [4.78, 5) is 23.1. The van der Waals surface area contributed by atoms with Crippen LogP contribution in [0.25, 0.3) is 0 Å². The predicted molar refractivity (Wildman–Crippen MR) is 90.5 cm³/mol. The van der Waals surface area contributed by atoms with Gasteiger partial charge in [0.05, 0.1) is 15.6 Å². The van der Waals surface area contributed by atoms with Gasteiger partial charge in [-0.25, -0.2) is 4.79 Å². The minimum absolute atomic E-state index is 0.0740. The van der Waals surface area contributed by atoms with Gasteiger partial charge in [0.25, 0.3) is 5.91 Å². The number of benzene rings is 2. The number of aromatic carboxylic acids is 1. The Bertz CT molecular complexity index is 734. The zero-order valence-corrected chi connectivity index (χ0v) is 14.0. The van der Waals surface area contributed by atoms with Crippen LogP contribution in [0, 0.1) is 3.57 Å². The van der Waals surface area contributed by atoms with Crippen LogP contribution in [0.2, 0.25) is 10.0 Å². The van der Waals surface area contributed by atoms with E-state index in [1.165, 1.54) is 18.2 Å². The summed E-state index contributed by atoms with van der Waals surface area (Å²) in [5.74, 6) is -1.54. The number of carbonyl (C=O) groups is 2. The van der Waals surface area contributed by atoms with E-state index >= 15 is 0 Å². The molecule has 0 radical (unpaired) electrons. The van der Waals surface area contributed by atoms with Gasteiger partial charge in [-0.1, -0.05) is 23.2 Å². The quantitative estimate of drug-likeness (QED) is 0.695. The second-order valence-corrected chi connectivity index (χ2v) is 6.06. The summed E-state index contributed by atoms with van der Waals surface area (Å²) in [7, 11) is 0. The lowest BCUT2D eigenvalue weighted by atomic mass is 10.1. The van der Waals surface area contributed by atoms with E-state index in [0.717, 1.165) is 3.57 Å². The standard InChI is InChI=1S/C14H8Cl2INO3/c15-10-3-2-8(6-9(10)14(20)21)18-13(19)7-1-4-12(17)11(16)5-7/h1-6H,(H,18,19)(H,20,21). The Hall–Kier alpha value is -1.31. The molecule has 0 unspecified atom stereocenters. The number of hydrogen-bond acceptors (Lipinski definition) is 2. The van der Waals surface area contributed by atoms with Gasteiger partial charge in [0.1, 0.15) is 0 Å². The molecule has 0 heterocycles. The normalized spacial score (nSPS) is 10.2. The molecule has 0 aliphatic heterocycles. The third kappa shape index (κ3) is 3.87. The number of hydrogen-bond donors (Lipinski definition) is 2. The van der Waals surface area contributed by atoms with Crippen LogP contribution in [-0.4, -0.2) is 17.0 Å². The van der Waals surface area contributed by atoms with Gasteiger partial charge >= 0.3 is 5.97 Å². The molecule has 21 heavy (non-hydrogen) atoms. The molecule has 2 N–H and O–H groups in total. The minimum Gasteiger partial charge on any atom is -0.478 e. The summed E-state index contributed by atoms with van der Waals surface area (Å²) in [5, 5.41) is 12.2. The van der Waals surface area contributed by atoms with Crippen LogP contribution in [0.15, 0.2) is 36.4 Å². The van der Waals surface area contributed by atoms with Crippen molar-refractivity contribution in [3.05, 3.63) is 61.1 Å². The smallest absolute Gasteiger partial charge is 0.337 e. The van der Waals surface area contributed by atoms with Crippen LogP contribution in [0.5, 0.6) is 0 Å². The zero-order chi connectivity index (χ0) is 15.6. The van der Waals surface area contributed by atoms with Crippen molar-refractivity contribution in [1.82, 2.24) is 0 Å². The van der Waals surface area contributed by atoms with Gasteiger partial charge in [0.15, 0.2) is 0 Å². The van der Waals surface area contributed by atoms with Gasteiger partial charge in [-0.3, -0.25) is 4.79 Å². The largest absolute Gasteiger partial charge is 0.478 e. The molecule has 7 heteroatoms. The van der Waals surface area contributed by atoms with E-state index in [1.807, 2.05) is 0 Å². The van der Waals surface area contributed by atoms with E-state index in [4.69, 9.17) is 28.3 Å². The Morgan fingerprint density at radius 2 is 1.76 bits per heavy atom. The van der Waals surface area contributed by atoms with E-state index in [1.54, 1.807) is 18.2 Å². The molecular formula is C14H8Cl2INO3. The zero-order valence-electron chi connectivity index (χ0n) is 10.4. The van der Waals surface area contributed by atoms with E-state index in [9.17, 15) is 9.59 Å². The van der Waals surface area contributed by atoms with Crippen LogP contribution >= 0.6 is 45.8 Å². The molecule has 0 atom stereocenters. The van der Waals surface area contributed by atoms with Crippen molar-refractivity contribution in [2.45, 2.75) is 0 Å². The van der Waals surface area contributed by atoms with Crippen molar-refractivity contribution in [2.24, 2.45) is 0 Å². The second-order valence-electron chi connectivity index (χ2n) is 4.08. The Balaban J connectivity index is 2.25. The third-order valence-electron chi connectivity index (χ3n) is 2.64. The Morgan fingerprint density at radius 1 is 1.05 bits per heavy atom. The van der Waals surface area contributed by atoms with E-state index in [2.05, 4.69) is 27.9 Å². The number of anilines is 1. The van der Waals surface area contributed by atoms with Gasteiger partial charge in [-0.15, -0.1) is 0 Å². The van der Waals surface area contributed by atoms with E-state index < -0.39 is 5.97 Å². The first-order valence-corrected chi connectivity index (χ1v) is 7.51. The highest BCUT2D eigenvalue weighted by Gasteiger charge is 2.12. The molecule has 2 rings (SSSR count). The molecule has 0 aliphatic rings. The number of halogens is 3. The molecular weight excluding hydrogens is 428 g/mol. The topological polar surface area (TPSA) is 66.4 Å². The highest BCUT2D eigenvalue weighted by Crippen LogP contribution is 2.23. The molecule has 4 nitrogen and oxygen atoms in total. The average Bonchev–Trinajstić information content (AvgIpc) is 2.43. The first-order chi connectivity index (χ1) is 9.88. The average molecular weight is 436 g/mol. The van der Waals surface area contributed by atoms with Crippen LogP contribution in [0.3, 0.4) is 0 Å². The summed E-state index contributed by atoms with van der Waals surface area (Å²) >= 11 is 13.8. The van der Waals surface area contributed by atoms with Crippen molar-refractivity contribution >= 4 is 63.4 Å². The number of carboxylic acid groups (broad SMARTS) is 1. The molecule has 0 spiro atoms. The highest BCUT2D eigenvalue weighted by molar-refractivity contribution is 14.1. The summed E-state index contributed by atoms with van der Waals surface area (Å²) in [6, 6.07) is 9.16. The minimum atomic E-state index is -1.16. The molecule has 0 saturated heterocycles. The number of amides is 1. The lowest BCUT2D eigenvalue weighted by molar-refractivity contribution is 0.0696. The maximum Gasteiger partial charge on any atom is 0.337 e. The number of carbonyl (C=O) groups excluding carboxylic acids is 1. The van der Waals surface area contributed by atoms with Crippen LogP contribution in [0.1, 0.15) is 20.7 Å². The Labute approximate surface area is 144 Å². The van der Waals surface area contributed by atoms with E-state index in [0.29, 0.717) is 16.3 Å². The van der Waals surface area contributed by atoms with E-state index in [-0.39, 0.29) is 16.5 Å². The third-order valence-corrected chi connectivity index (χ3v) is 4.54. The molecule has 0 aliphatic carbocycles. The fraction of sp³-hybridized carbons (Fsp3) is 0. The Kier molecular flexibility index (Phi) is 5.08. The van der Waals surface area contributed by atoms with Crippen LogP contribution in [0.4, 0.5) is 5.69 Å². The lowest BCUT2D eigenvalue weighted by Gasteiger charge is -2.08. The van der Waals surface area contributed by atoms with Gasteiger partial charge in [-0.05, 0) is 59.0 Å². The van der Waals surface area contributed by atoms with Crippen molar-refractivity contribution in [2.75, 3.05) is 5.32 Å². The van der Waals surface area contributed by atoms with Gasteiger partial charge in [0.2, 0.25) is 0 Å². The molecule has 2 aromatic carbocycles. The fourth-order valence-corrected chi connectivity index (χ4v) is 2.32. The van der Waals surface area contributed by atoms with Gasteiger partial charge in [-0.2, -0.15) is 0 Å². The van der Waals surface area contributed by atoms with Crippen molar-refractivity contribution in [1.29, 1.82) is 0 Å². The van der Waals surface area contributed by atoms with Crippen molar-refractivity contribution < 1.29 is 14.7 Å². The number of carboxylic acids is 1. The molecule has 108 valence electrons. The number of rotatable bonds is 3. The summed E-state index contributed by atoms with van der Waals surface area (Å²) in [6.07, 6.45) is 0. The highest BCUT2D eigenvalue weighted by atomic mass is 127.